The van der Waals surface area contributed by atoms with Gasteiger partial charge in [0, 0.05) is 24.8 Å². The number of hydrogen-bond donors (Lipinski definition) is 1. The first kappa shape index (κ1) is 13.2. The van der Waals surface area contributed by atoms with Crippen LogP contribution in [0.25, 0.3) is 0 Å². The van der Waals surface area contributed by atoms with Crippen LogP contribution in [-0.2, 0) is 12.7 Å². The summed E-state index contributed by atoms with van der Waals surface area (Å²) in [6.07, 6.45) is -2.16. The first-order valence-electron chi connectivity index (χ1n) is 6.10. The minimum atomic E-state index is -4.33. The summed E-state index contributed by atoms with van der Waals surface area (Å²) >= 11 is 0. The van der Waals surface area contributed by atoms with E-state index in [0.29, 0.717) is 6.04 Å². The molecule has 100 valence electrons. The monoisotopic (exact) mass is 258 g/mol. The molecule has 1 atom stereocenters. The summed E-state index contributed by atoms with van der Waals surface area (Å²) in [7, 11) is 0. The number of nitrogens with zero attached hydrogens (tertiary/aromatic N) is 1. The van der Waals surface area contributed by atoms with Gasteiger partial charge in [0.1, 0.15) is 0 Å². The van der Waals surface area contributed by atoms with Gasteiger partial charge in [0.15, 0.2) is 0 Å². The quantitative estimate of drug-likeness (QED) is 0.883. The van der Waals surface area contributed by atoms with Crippen molar-refractivity contribution in [3.63, 3.8) is 0 Å². The van der Waals surface area contributed by atoms with E-state index < -0.39 is 11.7 Å². The average Bonchev–Trinajstić information content (AvgIpc) is 2.73. The zero-order chi connectivity index (χ0) is 13.3. The summed E-state index contributed by atoms with van der Waals surface area (Å²) in [5.41, 5.74) is 5.81. The lowest BCUT2D eigenvalue weighted by molar-refractivity contribution is -0.138. The van der Waals surface area contributed by atoms with Crippen LogP contribution in [0.1, 0.15) is 30.9 Å². The minimum absolute atomic E-state index is 0.0924. The third kappa shape index (κ3) is 2.46. The fraction of sp³-hybridized carbons (Fsp3) is 0.538. The molecule has 18 heavy (non-hydrogen) atoms. The maximum absolute atomic E-state index is 12.8. The van der Waals surface area contributed by atoms with Crippen LogP contribution in [0.2, 0.25) is 0 Å². The van der Waals surface area contributed by atoms with Gasteiger partial charge in [-0.3, -0.25) is 0 Å². The fourth-order valence-corrected chi connectivity index (χ4v) is 2.52. The Labute approximate surface area is 105 Å². The van der Waals surface area contributed by atoms with Gasteiger partial charge in [0.05, 0.1) is 5.56 Å². The Morgan fingerprint density at radius 1 is 1.39 bits per heavy atom. The molecule has 1 heterocycles. The summed E-state index contributed by atoms with van der Waals surface area (Å²) in [6.45, 7) is 2.90. The van der Waals surface area contributed by atoms with Gasteiger partial charge in [0.2, 0.25) is 0 Å². The van der Waals surface area contributed by atoms with E-state index in [4.69, 9.17) is 5.73 Å². The molecule has 2 rings (SSSR count). The van der Waals surface area contributed by atoms with Crippen molar-refractivity contribution in [2.75, 3.05) is 11.4 Å². The summed E-state index contributed by atoms with van der Waals surface area (Å²) < 4.78 is 38.3. The number of alkyl halides is 3. The summed E-state index contributed by atoms with van der Waals surface area (Å²) in [6, 6.07) is 4.64. The zero-order valence-electron chi connectivity index (χ0n) is 10.3. The molecular weight excluding hydrogens is 241 g/mol. The lowest BCUT2D eigenvalue weighted by atomic mass is 10.1. The van der Waals surface area contributed by atoms with Crippen molar-refractivity contribution in [2.45, 2.75) is 38.5 Å². The molecule has 2 N–H and O–H groups in total. The Balaban J connectivity index is 2.36. The number of halogens is 3. The fourth-order valence-electron chi connectivity index (χ4n) is 2.52. The Bertz CT molecular complexity index is 429. The lowest BCUT2D eigenvalue weighted by Gasteiger charge is -2.25. The van der Waals surface area contributed by atoms with Gasteiger partial charge >= 0.3 is 6.18 Å². The van der Waals surface area contributed by atoms with Crippen molar-refractivity contribution in [1.29, 1.82) is 0 Å². The molecule has 0 bridgehead atoms. The second-order valence-corrected chi connectivity index (χ2v) is 4.73. The predicted octanol–water partition coefficient (Wildman–Crippen LogP) is 3.15. The number of rotatable bonds is 2. The highest BCUT2D eigenvalue weighted by atomic mass is 19.4. The lowest BCUT2D eigenvalue weighted by Crippen LogP contribution is -2.26. The van der Waals surface area contributed by atoms with Crippen LogP contribution >= 0.6 is 0 Å². The maximum atomic E-state index is 12.8. The Hall–Kier alpha value is -1.23. The van der Waals surface area contributed by atoms with Crippen LogP contribution in [0.3, 0.4) is 0 Å². The van der Waals surface area contributed by atoms with E-state index in [9.17, 15) is 13.2 Å². The zero-order valence-corrected chi connectivity index (χ0v) is 10.3. The molecule has 1 fully saturated rings. The van der Waals surface area contributed by atoms with Crippen LogP contribution in [0.5, 0.6) is 0 Å². The van der Waals surface area contributed by atoms with Gasteiger partial charge < -0.3 is 10.6 Å². The highest BCUT2D eigenvalue weighted by Gasteiger charge is 2.33. The molecular formula is C13H17F3N2. The molecule has 2 nitrogen and oxygen atoms in total. The largest absolute Gasteiger partial charge is 0.416 e. The SMILES string of the molecule is CC1CCCN1c1ccc(C(F)(F)F)c(CN)c1. The number of nitrogens with two attached hydrogens (primary N) is 1. The van der Waals surface area contributed by atoms with Crippen molar-refractivity contribution in [3.05, 3.63) is 29.3 Å². The first-order chi connectivity index (χ1) is 8.43. The Morgan fingerprint density at radius 3 is 2.61 bits per heavy atom. The Kier molecular flexibility index (Phi) is 3.52. The molecule has 0 amide bonds. The van der Waals surface area contributed by atoms with E-state index in [2.05, 4.69) is 11.8 Å². The smallest absolute Gasteiger partial charge is 0.369 e. The summed E-state index contributed by atoms with van der Waals surface area (Å²) in [5, 5.41) is 0. The molecule has 5 heteroatoms. The molecule has 1 aromatic rings. The van der Waals surface area contributed by atoms with E-state index >= 15 is 0 Å². The molecule has 1 saturated heterocycles. The van der Waals surface area contributed by atoms with Crippen molar-refractivity contribution >= 4 is 5.69 Å². The number of anilines is 1. The minimum Gasteiger partial charge on any atom is -0.369 e. The topological polar surface area (TPSA) is 29.3 Å². The Morgan fingerprint density at radius 2 is 2.11 bits per heavy atom. The molecule has 1 unspecified atom stereocenters. The third-order valence-corrected chi connectivity index (χ3v) is 3.50. The standard InChI is InChI=1S/C13H17F3N2/c1-9-3-2-6-18(9)11-4-5-12(13(14,15)16)10(7-11)8-17/h4-5,7,9H,2-3,6,8,17H2,1H3. The van der Waals surface area contributed by atoms with E-state index in [-0.39, 0.29) is 12.1 Å². The molecule has 0 saturated carbocycles. The van der Waals surface area contributed by atoms with E-state index in [1.54, 1.807) is 12.1 Å². The van der Waals surface area contributed by atoms with Crippen LogP contribution < -0.4 is 10.6 Å². The highest BCUT2D eigenvalue weighted by molar-refractivity contribution is 5.53. The molecule has 1 aliphatic heterocycles. The first-order valence-corrected chi connectivity index (χ1v) is 6.10. The van der Waals surface area contributed by atoms with Crippen molar-refractivity contribution in [1.82, 2.24) is 0 Å². The third-order valence-electron chi connectivity index (χ3n) is 3.50. The van der Waals surface area contributed by atoms with Crippen LogP contribution in [-0.4, -0.2) is 12.6 Å². The molecule has 0 aliphatic carbocycles. The number of hydrogen-bond acceptors (Lipinski definition) is 2. The van der Waals surface area contributed by atoms with Crippen LogP contribution in [0.15, 0.2) is 18.2 Å². The number of benzene rings is 1. The van der Waals surface area contributed by atoms with Gasteiger partial charge in [-0.2, -0.15) is 13.2 Å². The van der Waals surface area contributed by atoms with E-state index in [1.807, 2.05) is 0 Å². The predicted molar refractivity (Wildman–Crippen MR) is 65.4 cm³/mol. The van der Waals surface area contributed by atoms with Gasteiger partial charge in [0.25, 0.3) is 0 Å². The van der Waals surface area contributed by atoms with Crippen molar-refractivity contribution in [3.8, 4) is 0 Å². The average molecular weight is 258 g/mol. The summed E-state index contributed by atoms with van der Waals surface area (Å²) in [4.78, 5) is 2.14. The van der Waals surface area contributed by atoms with Gasteiger partial charge in [-0.25, -0.2) is 0 Å². The molecule has 1 aromatic carbocycles. The van der Waals surface area contributed by atoms with Crippen molar-refractivity contribution in [2.24, 2.45) is 5.73 Å². The van der Waals surface area contributed by atoms with Crippen LogP contribution in [0, 0.1) is 0 Å². The van der Waals surface area contributed by atoms with Gasteiger partial charge in [-0.05, 0) is 43.5 Å². The summed E-state index contributed by atoms with van der Waals surface area (Å²) in [5.74, 6) is 0. The normalized spacial score (nSPS) is 20.5. The van der Waals surface area contributed by atoms with Gasteiger partial charge in [-0.1, -0.05) is 0 Å². The molecule has 0 spiro atoms. The van der Waals surface area contributed by atoms with Crippen molar-refractivity contribution < 1.29 is 13.2 Å². The molecule has 0 aromatic heterocycles. The second-order valence-electron chi connectivity index (χ2n) is 4.73. The van der Waals surface area contributed by atoms with E-state index in [0.717, 1.165) is 31.1 Å². The second kappa shape index (κ2) is 4.80. The van der Waals surface area contributed by atoms with Gasteiger partial charge in [-0.15, -0.1) is 0 Å². The highest BCUT2D eigenvalue weighted by Crippen LogP contribution is 2.35. The van der Waals surface area contributed by atoms with Crippen LogP contribution in [0.4, 0.5) is 18.9 Å². The van der Waals surface area contributed by atoms with E-state index in [1.165, 1.54) is 0 Å². The maximum Gasteiger partial charge on any atom is 0.416 e. The molecule has 1 aliphatic rings. The molecule has 0 radical (unpaired) electrons.